The molecule has 6 nitrogen and oxygen atoms in total. The van der Waals surface area contributed by atoms with Gasteiger partial charge in [0.05, 0.1) is 24.4 Å². The molecular formula is C14H12N4O2. The second kappa shape index (κ2) is 5.33. The molecule has 0 bridgehead atoms. The highest BCUT2D eigenvalue weighted by Crippen LogP contribution is 2.34. The summed E-state index contributed by atoms with van der Waals surface area (Å²) in [7, 11) is 3.18. The van der Waals surface area contributed by atoms with Crippen LogP contribution in [0.5, 0.6) is 17.4 Å². The molecule has 1 aromatic heterocycles. The molecule has 2 aromatic rings. The van der Waals surface area contributed by atoms with Gasteiger partial charge in [-0.15, -0.1) is 0 Å². The quantitative estimate of drug-likeness (QED) is 0.852. The van der Waals surface area contributed by atoms with Crippen molar-refractivity contribution >= 4 is 0 Å². The van der Waals surface area contributed by atoms with Crippen molar-refractivity contribution in [1.29, 1.82) is 10.5 Å². The van der Waals surface area contributed by atoms with Gasteiger partial charge < -0.3 is 9.47 Å². The Labute approximate surface area is 116 Å². The largest absolute Gasteiger partial charge is 0.493 e. The molecule has 0 atom stereocenters. The minimum absolute atomic E-state index is 0.341. The number of hydrogen-bond acceptors (Lipinski definition) is 5. The van der Waals surface area contributed by atoms with E-state index in [2.05, 4.69) is 11.2 Å². The summed E-state index contributed by atoms with van der Waals surface area (Å²) in [5.74, 6) is 1.19. The molecule has 0 N–H and O–H groups in total. The van der Waals surface area contributed by atoms with E-state index in [1.807, 2.05) is 6.07 Å². The van der Waals surface area contributed by atoms with Crippen LogP contribution in [0, 0.1) is 29.6 Å². The molecule has 0 saturated carbocycles. The van der Waals surface area contributed by atoms with E-state index in [4.69, 9.17) is 20.0 Å². The fourth-order valence-electron chi connectivity index (χ4n) is 1.81. The molecule has 6 heteroatoms. The molecule has 0 aliphatic carbocycles. The fourth-order valence-corrected chi connectivity index (χ4v) is 1.81. The summed E-state index contributed by atoms with van der Waals surface area (Å²) in [4.78, 5) is 0. The van der Waals surface area contributed by atoms with Crippen LogP contribution in [-0.4, -0.2) is 16.9 Å². The fraction of sp³-hybridized carbons (Fsp3) is 0.214. The molecule has 0 amide bonds. The second-order valence-electron chi connectivity index (χ2n) is 4.08. The lowest BCUT2D eigenvalue weighted by Gasteiger charge is -2.10. The van der Waals surface area contributed by atoms with Crippen molar-refractivity contribution in [1.82, 2.24) is 9.78 Å². The normalized spacial score (nSPS) is 9.65. The molecule has 0 spiro atoms. The van der Waals surface area contributed by atoms with E-state index in [9.17, 15) is 0 Å². The van der Waals surface area contributed by atoms with Gasteiger partial charge in [-0.3, -0.25) is 0 Å². The molecule has 0 fully saturated rings. The molecule has 1 heterocycles. The van der Waals surface area contributed by atoms with Crippen LogP contribution in [0.2, 0.25) is 0 Å². The van der Waals surface area contributed by atoms with E-state index in [-0.39, 0.29) is 0 Å². The highest BCUT2D eigenvalue weighted by atomic mass is 16.5. The third-order valence-corrected chi connectivity index (χ3v) is 2.78. The van der Waals surface area contributed by atoms with Gasteiger partial charge in [-0.1, -0.05) is 0 Å². The summed E-state index contributed by atoms with van der Waals surface area (Å²) in [6, 6.07) is 8.91. The Morgan fingerprint density at radius 1 is 1.20 bits per heavy atom. The maximum absolute atomic E-state index is 9.14. The Kier molecular flexibility index (Phi) is 3.58. The Morgan fingerprint density at radius 3 is 2.55 bits per heavy atom. The summed E-state index contributed by atoms with van der Waals surface area (Å²) in [6.45, 7) is 1.74. The van der Waals surface area contributed by atoms with Gasteiger partial charge in [0, 0.05) is 13.1 Å². The lowest BCUT2D eigenvalue weighted by atomic mass is 10.2. The summed E-state index contributed by atoms with van der Waals surface area (Å²) in [5.41, 5.74) is 1.44. The monoisotopic (exact) mass is 268 g/mol. The number of aromatic nitrogens is 2. The highest BCUT2D eigenvalue weighted by molar-refractivity contribution is 5.50. The second-order valence-corrected chi connectivity index (χ2v) is 4.08. The average molecular weight is 268 g/mol. The molecule has 2 rings (SSSR count). The van der Waals surface area contributed by atoms with Crippen molar-refractivity contribution in [3.63, 3.8) is 0 Å². The van der Waals surface area contributed by atoms with E-state index in [0.29, 0.717) is 34.2 Å². The maximum Gasteiger partial charge on any atom is 0.236 e. The topological polar surface area (TPSA) is 83.9 Å². The van der Waals surface area contributed by atoms with Crippen LogP contribution in [0.25, 0.3) is 0 Å². The van der Waals surface area contributed by atoms with Crippen molar-refractivity contribution in [2.75, 3.05) is 7.11 Å². The van der Waals surface area contributed by atoms with Gasteiger partial charge in [0.1, 0.15) is 11.6 Å². The molecule has 100 valence electrons. The first-order valence-corrected chi connectivity index (χ1v) is 5.80. The van der Waals surface area contributed by atoms with E-state index < -0.39 is 0 Å². The van der Waals surface area contributed by atoms with E-state index in [1.165, 1.54) is 11.8 Å². The van der Waals surface area contributed by atoms with Gasteiger partial charge in [-0.05, 0) is 19.1 Å². The van der Waals surface area contributed by atoms with E-state index >= 15 is 0 Å². The molecule has 20 heavy (non-hydrogen) atoms. The molecule has 0 aliphatic heterocycles. The lowest BCUT2D eigenvalue weighted by Crippen LogP contribution is -1.98. The van der Waals surface area contributed by atoms with Gasteiger partial charge in [0.2, 0.25) is 5.88 Å². The molecular weight excluding hydrogens is 256 g/mol. The number of hydrogen-bond donors (Lipinski definition) is 0. The van der Waals surface area contributed by atoms with Crippen LogP contribution in [0.3, 0.4) is 0 Å². The van der Waals surface area contributed by atoms with Crippen molar-refractivity contribution in [3.05, 3.63) is 35.0 Å². The van der Waals surface area contributed by atoms with Gasteiger partial charge in [-0.2, -0.15) is 15.6 Å². The zero-order valence-electron chi connectivity index (χ0n) is 11.3. The third kappa shape index (κ3) is 2.27. The number of rotatable bonds is 3. The minimum atomic E-state index is 0.341. The van der Waals surface area contributed by atoms with Crippen molar-refractivity contribution in [3.8, 4) is 29.5 Å². The highest BCUT2D eigenvalue weighted by Gasteiger charge is 2.17. The Morgan fingerprint density at radius 2 is 1.95 bits per heavy atom. The number of benzene rings is 1. The molecule has 1 aromatic carbocycles. The molecule has 0 unspecified atom stereocenters. The number of ether oxygens (including phenoxy) is 2. The number of methoxy groups -OCH3 is 1. The van der Waals surface area contributed by atoms with Crippen LogP contribution in [0.4, 0.5) is 0 Å². The molecule has 0 radical (unpaired) electrons. The smallest absolute Gasteiger partial charge is 0.236 e. The van der Waals surface area contributed by atoms with Gasteiger partial charge in [0.25, 0.3) is 0 Å². The van der Waals surface area contributed by atoms with Crippen LogP contribution in [0.15, 0.2) is 18.2 Å². The zero-order valence-corrected chi connectivity index (χ0v) is 11.3. The Hall–Kier alpha value is -2.99. The predicted molar refractivity (Wildman–Crippen MR) is 70.4 cm³/mol. The number of aryl methyl sites for hydroxylation is 2. The van der Waals surface area contributed by atoms with E-state index in [0.717, 1.165) is 0 Å². The summed E-state index contributed by atoms with van der Waals surface area (Å²) >= 11 is 0. The van der Waals surface area contributed by atoms with Gasteiger partial charge >= 0.3 is 0 Å². The summed E-state index contributed by atoms with van der Waals surface area (Å²) in [6.07, 6.45) is 0. The SMILES string of the molecule is COc1cc(C#N)ccc1Oc1c(C#N)c(C)nn1C. The van der Waals surface area contributed by atoms with Crippen LogP contribution in [-0.2, 0) is 7.05 Å². The summed E-state index contributed by atoms with van der Waals surface area (Å²) < 4.78 is 12.4. The standard InChI is InChI=1S/C14H12N4O2/c1-9-11(8-16)14(18(2)17-9)20-12-5-4-10(7-15)6-13(12)19-3/h4-6H,1-3H3. The predicted octanol–water partition coefficient (Wildman–Crippen LogP) is 2.27. The van der Waals surface area contributed by atoms with Crippen molar-refractivity contribution in [2.45, 2.75) is 6.92 Å². The first-order chi connectivity index (χ1) is 9.60. The average Bonchev–Trinajstić information content (AvgIpc) is 2.73. The third-order valence-electron chi connectivity index (χ3n) is 2.78. The lowest BCUT2D eigenvalue weighted by molar-refractivity contribution is 0.365. The number of nitriles is 2. The van der Waals surface area contributed by atoms with Crippen molar-refractivity contribution in [2.24, 2.45) is 7.05 Å². The van der Waals surface area contributed by atoms with E-state index in [1.54, 1.807) is 32.2 Å². The maximum atomic E-state index is 9.14. The summed E-state index contributed by atoms with van der Waals surface area (Å²) in [5, 5.41) is 22.1. The first-order valence-electron chi connectivity index (χ1n) is 5.80. The first kappa shape index (κ1) is 13.4. The Bertz CT molecular complexity index is 735. The molecule has 0 saturated heterocycles. The Balaban J connectivity index is 2.46. The van der Waals surface area contributed by atoms with Crippen LogP contribution >= 0.6 is 0 Å². The minimum Gasteiger partial charge on any atom is -0.493 e. The van der Waals surface area contributed by atoms with Gasteiger partial charge in [0.15, 0.2) is 11.5 Å². The molecule has 0 aliphatic rings. The zero-order chi connectivity index (χ0) is 14.7. The van der Waals surface area contributed by atoms with Crippen LogP contribution < -0.4 is 9.47 Å². The van der Waals surface area contributed by atoms with Gasteiger partial charge in [-0.25, -0.2) is 4.68 Å². The number of nitrogens with zero attached hydrogens (tertiary/aromatic N) is 4. The van der Waals surface area contributed by atoms with Crippen molar-refractivity contribution < 1.29 is 9.47 Å². The van der Waals surface area contributed by atoms with Crippen LogP contribution in [0.1, 0.15) is 16.8 Å².